The molecule has 4 heteroatoms. The van der Waals surface area contributed by atoms with Gasteiger partial charge in [-0.1, -0.05) is 29.8 Å². The second kappa shape index (κ2) is 6.45. The van der Waals surface area contributed by atoms with E-state index in [9.17, 15) is 0 Å². The number of aliphatic hydroxyl groups is 1. The van der Waals surface area contributed by atoms with Crippen molar-refractivity contribution in [2.75, 3.05) is 7.11 Å². The average Bonchev–Trinajstić information content (AvgIpc) is 2.45. The van der Waals surface area contributed by atoms with Crippen LogP contribution < -0.4 is 9.47 Å². The molecule has 0 amide bonds. The summed E-state index contributed by atoms with van der Waals surface area (Å²) in [5.74, 6) is 1.24. The first-order chi connectivity index (χ1) is 9.22. The Balaban J connectivity index is 2.14. The van der Waals surface area contributed by atoms with Crippen molar-refractivity contribution in [1.29, 1.82) is 0 Å². The van der Waals surface area contributed by atoms with E-state index in [0.29, 0.717) is 23.1 Å². The highest BCUT2D eigenvalue weighted by Crippen LogP contribution is 2.29. The van der Waals surface area contributed by atoms with Crippen LogP contribution in [0, 0.1) is 0 Å². The van der Waals surface area contributed by atoms with E-state index in [2.05, 4.69) is 0 Å². The minimum absolute atomic E-state index is 0.0302. The molecule has 3 nitrogen and oxygen atoms in total. The predicted octanol–water partition coefficient (Wildman–Crippen LogP) is 3.42. The summed E-state index contributed by atoms with van der Waals surface area (Å²) in [7, 11) is 1.58. The molecule has 0 bridgehead atoms. The number of ether oxygens (including phenoxy) is 2. The van der Waals surface area contributed by atoms with Crippen molar-refractivity contribution in [3.8, 4) is 11.5 Å². The quantitative estimate of drug-likeness (QED) is 0.911. The summed E-state index contributed by atoms with van der Waals surface area (Å²) in [4.78, 5) is 0. The van der Waals surface area contributed by atoms with E-state index in [1.165, 1.54) is 0 Å². The van der Waals surface area contributed by atoms with Crippen molar-refractivity contribution in [2.45, 2.75) is 13.2 Å². The van der Waals surface area contributed by atoms with Gasteiger partial charge in [0.2, 0.25) is 0 Å². The Kier molecular flexibility index (Phi) is 4.66. The molecule has 0 atom stereocenters. The Morgan fingerprint density at radius 1 is 1.05 bits per heavy atom. The molecule has 0 heterocycles. The molecule has 2 rings (SSSR count). The molecule has 0 fully saturated rings. The van der Waals surface area contributed by atoms with Crippen molar-refractivity contribution in [3.63, 3.8) is 0 Å². The molecule has 1 N–H and O–H groups in total. The van der Waals surface area contributed by atoms with E-state index < -0.39 is 0 Å². The molecule has 2 aromatic rings. The van der Waals surface area contributed by atoms with E-state index in [1.807, 2.05) is 24.3 Å². The monoisotopic (exact) mass is 278 g/mol. The lowest BCUT2D eigenvalue weighted by atomic mass is 10.2. The highest BCUT2D eigenvalue weighted by atomic mass is 35.5. The Bertz CT molecular complexity index is 555. The molecular formula is C15H15ClO3. The van der Waals surface area contributed by atoms with Gasteiger partial charge >= 0.3 is 0 Å². The van der Waals surface area contributed by atoms with Crippen LogP contribution in [-0.4, -0.2) is 12.2 Å². The molecule has 0 aromatic heterocycles. The standard InChI is InChI=1S/C15H15ClO3/c1-18-14-6-5-11(9-17)8-15(14)19-10-12-3-2-4-13(16)7-12/h2-8,17H,9-10H2,1H3. The topological polar surface area (TPSA) is 38.7 Å². The maximum atomic E-state index is 9.13. The fourth-order valence-corrected chi connectivity index (χ4v) is 1.93. The molecule has 2 aromatic carbocycles. The van der Waals surface area contributed by atoms with Crippen molar-refractivity contribution in [2.24, 2.45) is 0 Å². The third-order valence-electron chi connectivity index (χ3n) is 2.69. The fourth-order valence-electron chi connectivity index (χ4n) is 1.72. The van der Waals surface area contributed by atoms with Gasteiger partial charge in [0.05, 0.1) is 13.7 Å². The lowest BCUT2D eigenvalue weighted by molar-refractivity contribution is 0.271. The molecule has 0 saturated carbocycles. The lowest BCUT2D eigenvalue weighted by Crippen LogP contribution is -1.98. The van der Waals surface area contributed by atoms with E-state index in [0.717, 1.165) is 11.1 Å². The minimum Gasteiger partial charge on any atom is -0.493 e. The molecule has 0 aliphatic rings. The molecule has 100 valence electrons. The number of hydrogen-bond donors (Lipinski definition) is 1. The van der Waals surface area contributed by atoms with E-state index in [-0.39, 0.29) is 6.61 Å². The van der Waals surface area contributed by atoms with Crippen LogP contribution in [0.2, 0.25) is 5.02 Å². The highest BCUT2D eigenvalue weighted by Gasteiger charge is 2.06. The van der Waals surface area contributed by atoms with Crippen LogP contribution in [0.1, 0.15) is 11.1 Å². The molecular weight excluding hydrogens is 264 g/mol. The second-order valence-corrected chi connectivity index (χ2v) is 4.50. The minimum atomic E-state index is -0.0302. The fraction of sp³-hybridized carbons (Fsp3) is 0.200. The highest BCUT2D eigenvalue weighted by molar-refractivity contribution is 6.30. The zero-order chi connectivity index (χ0) is 13.7. The number of aliphatic hydroxyl groups excluding tert-OH is 1. The molecule has 0 aliphatic carbocycles. The van der Waals surface area contributed by atoms with Gasteiger partial charge in [0.25, 0.3) is 0 Å². The first-order valence-electron chi connectivity index (χ1n) is 5.88. The predicted molar refractivity (Wildman–Crippen MR) is 74.7 cm³/mol. The van der Waals surface area contributed by atoms with Crippen molar-refractivity contribution >= 4 is 11.6 Å². The van der Waals surface area contributed by atoms with Crippen LogP contribution in [0.3, 0.4) is 0 Å². The van der Waals surface area contributed by atoms with Gasteiger partial charge in [-0.05, 0) is 35.4 Å². The Labute approximate surface area is 117 Å². The summed E-state index contributed by atoms with van der Waals surface area (Å²) in [5, 5.41) is 9.81. The van der Waals surface area contributed by atoms with Crippen molar-refractivity contribution in [3.05, 3.63) is 58.6 Å². The van der Waals surface area contributed by atoms with Gasteiger partial charge in [-0.25, -0.2) is 0 Å². The number of benzene rings is 2. The summed E-state index contributed by atoms with van der Waals surface area (Å²) in [6.07, 6.45) is 0. The summed E-state index contributed by atoms with van der Waals surface area (Å²) in [6, 6.07) is 12.8. The van der Waals surface area contributed by atoms with Crippen LogP contribution in [0.25, 0.3) is 0 Å². The first-order valence-corrected chi connectivity index (χ1v) is 6.25. The van der Waals surface area contributed by atoms with E-state index in [4.69, 9.17) is 26.2 Å². The summed E-state index contributed by atoms with van der Waals surface area (Å²) < 4.78 is 10.9. The van der Waals surface area contributed by atoms with Gasteiger partial charge in [0.15, 0.2) is 11.5 Å². The van der Waals surface area contributed by atoms with Gasteiger partial charge in [-0.15, -0.1) is 0 Å². The zero-order valence-electron chi connectivity index (χ0n) is 10.6. The molecule has 0 unspecified atom stereocenters. The van der Waals surface area contributed by atoms with E-state index in [1.54, 1.807) is 25.3 Å². The maximum absolute atomic E-state index is 9.13. The van der Waals surface area contributed by atoms with Crippen LogP contribution >= 0.6 is 11.6 Å². The van der Waals surface area contributed by atoms with Crippen molar-refractivity contribution in [1.82, 2.24) is 0 Å². The third-order valence-corrected chi connectivity index (χ3v) is 2.93. The Morgan fingerprint density at radius 2 is 1.89 bits per heavy atom. The Morgan fingerprint density at radius 3 is 2.58 bits per heavy atom. The molecule has 0 aliphatic heterocycles. The van der Waals surface area contributed by atoms with Crippen LogP contribution in [0.15, 0.2) is 42.5 Å². The zero-order valence-corrected chi connectivity index (χ0v) is 11.4. The largest absolute Gasteiger partial charge is 0.493 e. The second-order valence-electron chi connectivity index (χ2n) is 4.06. The van der Waals surface area contributed by atoms with Gasteiger partial charge in [-0.2, -0.15) is 0 Å². The Hall–Kier alpha value is -1.71. The molecule has 0 saturated heterocycles. The van der Waals surface area contributed by atoms with Gasteiger partial charge in [0.1, 0.15) is 6.61 Å². The van der Waals surface area contributed by atoms with Crippen molar-refractivity contribution < 1.29 is 14.6 Å². The number of hydrogen-bond acceptors (Lipinski definition) is 3. The third kappa shape index (κ3) is 3.63. The molecule has 19 heavy (non-hydrogen) atoms. The van der Waals surface area contributed by atoms with Gasteiger partial charge < -0.3 is 14.6 Å². The summed E-state index contributed by atoms with van der Waals surface area (Å²) in [5.41, 5.74) is 1.76. The average molecular weight is 279 g/mol. The number of halogens is 1. The van der Waals surface area contributed by atoms with Crippen LogP contribution in [0.4, 0.5) is 0 Å². The van der Waals surface area contributed by atoms with Crippen LogP contribution in [0.5, 0.6) is 11.5 Å². The smallest absolute Gasteiger partial charge is 0.162 e. The SMILES string of the molecule is COc1ccc(CO)cc1OCc1cccc(Cl)c1. The van der Waals surface area contributed by atoms with Gasteiger partial charge in [-0.3, -0.25) is 0 Å². The first kappa shape index (κ1) is 13.7. The normalized spacial score (nSPS) is 10.3. The maximum Gasteiger partial charge on any atom is 0.162 e. The van der Waals surface area contributed by atoms with Crippen LogP contribution in [-0.2, 0) is 13.2 Å². The lowest BCUT2D eigenvalue weighted by Gasteiger charge is -2.12. The summed E-state index contributed by atoms with van der Waals surface area (Å²) in [6.45, 7) is 0.364. The molecule has 0 spiro atoms. The molecule has 0 radical (unpaired) electrons. The summed E-state index contributed by atoms with van der Waals surface area (Å²) >= 11 is 5.92. The number of methoxy groups -OCH3 is 1. The van der Waals surface area contributed by atoms with E-state index >= 15 is 0 Å². The number of rotatable bonds is 5. The van der Waals surface area contributed by atoms with Gasteiger partial charge in [0, 0.05) is 5.02 Å².